The van der Waals surface area contributed by atoms with Crippen LogP contribution in [0.25, 0.3) is 0 Å². The van der Waals surface area contributed by atoms with Crippen LogP contribution in [0.5, 0.6) is 0 Å². The van der Waals surface area contributed by atoms with Crippen molar-refractivity contribution in [3.05, 3.63) is 0 Å². The number of thioether (sulfide) groups is 1. The maximum absolute atomic E-state index is 11.8. The third-order valence-corrected chi connectivity index (χ3v) is 3.18. The molecule has 0 aromatic rings. The molecule has 4 heteroatoms. The van der Waals surface area contributed by atoms with Crippen LogP contribution in [0, 0.1) is 5.92 Å². The molecule has 1 rings (SSSR count). The van der Waals surface area contributed by atoms with Crippen molar-refractivity contribution in [1.29, 1.82) is 0 Å². The number of hydrogen-bond acceptors (Lipinski definition) is 3. The predicted octanol–water partition coefficient (Wildman–Crippen LogP) is 0.806. The topological polar surface area (TPSA) is 32.3 Å². The predicted molar refractivity (Wildman–Crippen MR) is 61.6 cm³/mol. The Morgan fingerprint density at radius 2 is 2.36 bits per heavy atom. The molecule has 1 atom stereocenters. The fraction of sp³-hybridized carbons (Fsp3) is 0.900. The Hall–Kier alpha value is -0.220. The number of nitrogens with zero attached hydrogens (tertiary/aromatic N) is 1. The van der Waals surface area contributed by atoms with Gasteiger partial charge in [-0.2, -0.15) is 11.8 Å². The van der Waals surface area contributed by atoms with Gasteiger partial charge in [-0.15, -0.1) is 0 Å². The molecule has 0 aliphatic carbocycles. The normalized spacial score (nSPS) is 22.9. The minimum Gasteiger partial charge on any atom is -0.336 e. The summed E-state index contributed by atoms with van der Waals surface area (Å²) in [5, 5.41) is 3.34. The second-order valence-electron chi connectivity index (χ2n) is 4.04. The van der Waals surface area contributed by atoms with Crippen molar-refractivity contribution in [2.24, 2.45) is 5.92 Å². The minimum atomic E-state index is 0.290. The van der Waals surface area contributed by atoms with Gasteiger partial charge in [0.2, 0.25) is 5.91 Å². The first-order chi connectivity index (χ1) is 6.66. The van der Waals surface area contributed by atoms with Gasteiger partial charge >= 0.3 is 0 Å². The highest BCUT2D eigenvalue weighted by Gasteiger charge is 2.27. The van der Waals surface area contributed by atoms with Gasteiger partial charge in [-0.1, -0.05) is 13.8 Å². The summed E-state index contributed by atoms with van der Waals surface area (Å²) >= 11 is 1.61. The summed E-state index contributed by atoms with van der Waals surface area (Å²) in [5.41, 5.74) is 0. The number of carbonyl (C=O) groups is 1. The zero-order chi connectivity index (χ0) is 10.6. The fourth-order valence-corrected chi connectivity index (χ4v) is 2.25. The molecule has 1 N–H and O–H groups in total. The van der Waals surface area contributed by atoms with Gasteiger partial charge in [0.05, 0.1) is 5.75 Å². The lowest BCUT2D eigenvalue weighted by atomic mass is 10.0. The van der Waals surface area contributed by atoms with Crippen molar-refractivity contribution in [3.8, 4) is 0 Å². The molecular weight excluding hydrogens is 196 g/mol. The molecule has 1 amide bonds. The Labute approximate surface area is 90.6 Å². The quantitative estimate of drug-likeness (QED) is 0.757. The molecule has 0 bridgehead atoms. The summed E-state index contributed by atoms with van der Waals surface area (Å²) in [7, 11) is 0. The number of piperazine rings is 1. The Morgan fingerprint density at radius 1 is 1.64 bits per heavy atom. The smallest absolute Gasteiger partial charge is 0.232 e. The summed E-state index contributed by atoms with van der Waals surface area (Å²) in [6.45, 7) is 7.09. The van der Waals surface area contributed by atoms with Crippen LogP contribution in [-0.4, -0.2) is 48.5 Å². The van der Waals surface area contributed by atoms with E-state index in [2.05, 4.69) is 19.2 Å². The Balaban J connectivity index is 2.57. The third kappa shape index (κ3) is 2.89. The van der Waals surface area contributed by atoms with Crippen molar-refractivity contribution in [2.45, 2.75) is 19.9 Å². The van der Waals surface area contributed by atoms with Crippen molar-refractivity contribution in [3.63, 3.8) is 0 Å². The molecule has 0 saturated carbocycles. The fourth-order valence-electron chi connectivity index (χ4n) is 1.84. The van der Waals surface area contributed by atoms with Crippen LogP contribution in [0.4, 0.5) is 0 Å². The lowest BCUT2D eigenvalue weighted by Crippen LogP contribution is -2.56. The van der Waals surface area contributed by atoms with Crippen LogP contribution in [0.1, 0.15) is 13.8 Å². The molecule has 82 valence electrons. The van der Waals surface area contributed by atoms with Gasteiger partial charge < -0.3 is 10.2 Å². The van der Waals surface area contributed by atoms with E-state index in [1.54, 1.807) is 11.8 Å². The Kier molecular flexibility index (Phi) is 4.75. The van der Waals surface area contributed by atoms with Gasteiger partial charge in [-0.25, -0.2) is 0 Å². The SMILES string of the molecule is CSCC(=O)N1CCNC[C@H]1C(C)C. The summed E-state index contributed by atoms with van der Waals surface area (Å²) in [6, 6.07) is 0.378. The second kappa shape index (κ2) is 5.61. The molecule has 0 aromatic heterocycles. The summed E-state index contributed by atoms with van der Waals surface area (Å²) in [4.78, 5) is 13.8. The van der Waals surface area contributed by atoms with Gasteiger partial charge in [0.1, 0.15) is 0 Å². The standard InChI is InChI=1S/C10H20N2OS/c1-8(2)9-6-11-4-5-12(9)10(13)7-14-3/h8-9,11H,4-7H2,1-3H3/t9-/m0/s1. The molecule has 3 nitrogen and oxygen atoms in total. The van der Waals surface area contributed by atoms with Gasteiger partial charge in [-0.3, -0.25) is 4.79 Å². The first-order valence-electron chi connectivity index (χ1n) is 5.16. The summed E-state index contributed by atoms with van der Waals surface area (Å²) in [5.74, 6) is 1.44. The molecular formula is C10H20N2OS. The molecule has 1 aliphatic rings. The molecule has 14 heavy (non-hydrogen) atoms. The average molecular weight is 216 g/mol. The zero-order valence-corrected chi connectivity index (χ0v) is 10.1. The molecule has 1 fully saturated rings. The molecule has 0 radical (unpaired) electrons. The lowest BCUT2D eigenvalue weighted by Gasteiger charge is -2.38. The average Bonchev–Trinajstić information content (AvgIpc) is 2.18. The largest absolute Gasteiger partial charge is 0.336 e. The number of rotatable bonds is 3. The van der Waals surface area contributed by atoms with E-state index in [0.717, 1.165) is 19.6 Å². The van der Waals surface area contributed by atoms with Crippen molar-refractivity contribution < 1.29 is 4.79 Å². The van der Waals surface area contributed by atoms with E-state index in [1.165, 1.54) is 0 Å². The van der Waals surface area contributed by atoms with Crippen molar-refractivity contribution in [1.82, 2.24) is 10.2 Å². The van der Waals surface area contributed by atoms with Crippen LogP contribution in [0.15, 0.2) is 0 Å². The highest BCUT2D eigenvalue weighted by Crippen LogP contribution is 2.14. The minimum absolute atomic E-state index is 0.290. The van der Waals surface area contributed by atoms with E-state index < -0.39 is 0 Å². The van der Waals surface area contributed by atoms with Crippen molar-refractivity contribution >= 4 is 17.7 Å². The zero-order valence-electron chi connectivity index (χ0n) is 9.25. The maximum Gasteiger partial charge on any atom is 0.232 e. The van der Waals surface area contributed by atoms with Crippen LogP contribution < -0.4 is 5.32 Å². The van der Waals surface area contributed by atoms with E-state index >= 15 is 0 Å². The first-order valence-corrected chi connectivity index (χ1v) is 6.55. The van der Waals surface area contributed by atoms with E-state index in [1.807, 2.05) is 11.2 Å². The second-order valence-corrected chi connectivity index (χ2v) is 4.90. The maximum atomic E-state index is 11.8. The van der Waals surface area contributed by atoms with E-state index in [4.69, 9.17) is 0 Å². The van der Waals surface area contributed by atoms with Crippen LogP contribution in [0.3, 0.4) is 0 Å². The molecule has 0 aromatic carbocycles. The highest BCUT2D eigenvalue weighted by atomic mass is 32.2. The van der Waals surface area contributed by atoms with Gasteiger partial charge in [-0.05, 0) is 12.2 Å². The number of hydrogen-bond donors (Lipinski definition) is 1. The molecule has 1 aliphatic heterocycles. The number of amides is 1. The summed E-state index contributed by atoms with van der Waals surface area (Å²) < 4.78 is 0. The first kappa shape index (κ1) is 11.9. The number of carbonyl (C=O) groups excluding carboxylic acids is 1. The molecule has 1 saturated heterocycles. The van der Waals surface area contributed by atoms with Crippen LogP contribution in [0.2, 0.25) is 0 Å². The molecule has 0 unspecified atom stereocenters. The Morgan fingerprint density at radius 3 is 2.93 bits per heavy atom. The summed E-state index contributed by atoms with van der Waals surface area (Å²) in [6.07, 6.45) is 1.98. The molecule has 0 spiro atoms. The van der Waals surface area contributed by atoms with Crippen LogP contribution in [-0.2, 0) is 4.79 Å². The number of nitrogens with one attached hydrogen (secondary N) is 1. The van der Waals surface area contributed by atoms with Gasteiger partial charge in [0.15, 0.2) is 0 Å². The Bertz CT molecular complexity index is 197. The molecule has 1 heterocycles. The van der Waals surface area contributed by atoms with E-state index in [9.17, 15) is 4.79 Å². The van der Waals surface area contributed by atoms with Crippen molar-refractivity contribution in [2.75, 3.05) is 31.6 Å². The third-order valence-electron chi connectivity index (χ3n) is 2.64. The van der Waals surface area contributed by atoms with E-state index in [-0.39, 0.29) is 5.91 Å². The lowest BCUT2D eigenvalue weighted by molar-refractivity contribution is -0.132. The highest BCUT2D eigenvalue weighted by molar-refractivity contribution is 7.99. The van der Waals surface area contributed by atoms with E-state index in [0.29, 0.717) is 17.7 Å². The monoisotopic (exact) mass is 216 g/mol. The van der Waals surface area contributed by atoms with Gasteiger partial charge in [0.25, 0.3) is 0 Å². The van der Waals surface area contributed by atoms with Gasteiger partial charge in [0, 0.05) is 25.7 Å². The van der Waals surface area contributed by atoms with Crippen LogP contribution >= 0.6 is 11.8 Å².